The molecule has 55 valence electrons. The van der Waals surface area contributed by atoms with E-state index in [1.807, 2.05) is 0 Å². The van der Waals surface area contributed by atoms with Crippen molar-refractivity contribution in [2.45, 2.75) is 32.6 Å². The first-order valence-corrected chi connectivity index (χ1v) is 3.61. The van der Waals surface area contributed by atoms with E-state index < -0.39 is 0 Å². The average Bonchev–Trinajstić information content (AvgIpc) is 1.89. The maximum atomic E-state index is 8.19. The minimum Gasteiger partial charge on any atom is -0.374 e. The Kier molecular flexibility index (Phi) is 7.85. The largest absolute Gasteiger partial charge is 0.374 e. The molecule has 0 bridgehead atoms. The maximum absolute atomic E-state index is 8.19. The minimum atomic E-state index is 0.899. The van der Waals surface area contributed by atoms with Crippen LogP contribution in [-0.4, -0.2) is 11.7 Å². The minimum absolute atomic E-state index is 0.899. The topological polar surface area (TPSA) is 32.3 Å². The molecule has 0 aromatic rings. The quantitative estimate of drug-likeness (QED) is 0.536. The summed E-state index contributed by atoms with van der Waals surface area (Å²) in [6, 6.07) is 0. The van der Waals surface area contributed by atoms with Gasteiger partial charge >= 0.3 is 0 Å². The van der Waals surface area contributed by atoms with Crippen molar-refractivity contribution >= 4 is 0 Å². The molecule has 0 spiro atoms. The van der Waals surface area contributed by atoms with Gasteiger partial charge in [0.2, 0.25) is 0 Å². The van der Waals surface area contributed by atoms with Crippen LogP contribution in [0.15, 0.2) is 0 Å². The van der Waals surface area contributed by atoms with E-state index >= 15 is 0 Å². The van der Waals surface area contributed by atoms with Gasteiger partial charge in [-0.05, 0) is 13.0 Å². The third-order valence-electron chi connectivity index (χ3n) is 1.27. The predicted octanol–water partition coefficient (Wildman–Crippen LogP) is 1.65. The van der Waals surface area contributed by atoms with E-state index in [2.05, 4.69) is 12.2 Å². The van der Waals surface area contributed by atoms with E-state index in [1.165, 1.54) is 19.3 Å². The number of rotatable bonds is 6. The number of nitrogens with one attached hydrogen (secondary N) is 1. The standard InChI is InChI=1S/C7H16NO/c1-2-3-4-5-6-8-7-9/h7-9H,2-6H2,1H3. The van der Waals surface area contributed by atoms with Crippen LogP contribution in [-0.2, 0) is 0 Å². The van der Waals surface area contributed by atoms with E-state index in [9.17, 15) is 0 Å². The lowest BCUT2D eigenvalue weighted by Gasteiger charge is -1.97. The molecular formula is C7H16NO. The first-order valence-electron chi connectivity index (χ1n) is 3.61. The predicted molar refractivity (Wildman–Crippen MR) is 38.4 cm³/mol. The second-order valence-electron chi connectivity index (χ2n) is 2.14. The van der Waals surface area contributed by atoms with Crippen LogP contribution in [0.25, 0.3) is 0 Å². The van der Waals surface area contributed by atoms with Gasteiger partial charge in [-0.1, -0.05) is 26.2 Å². The summed E-state index contributed by atoms with van der Waals surface area (Å²) >= 11 is 0. The van der Waals surface area contributed by atoms with E-state index in [-0.39, 0.29) is 0 Å². The van der Waals surface area contributed by atoms with Gasteiger partial charge in [-0.25, -0.2) is 0 Å². The van der Waals surface area contributed by atoms with Crippen LogP contribution in [0.3, 0.4) is 0 Å². The fourth-order valence-corrected chi connectivity index (χ4v) is 0.718. The summed E-state index contributed by atoms with van der Waals surface area (Å²) in [4.78, 5) is 0. The highest BCUT2D eigenvalue weighted by molar-refractivity contribution is 4.47. The summed E-state index contributed by atoms with van der Waals surface area (Å²) < 4.78 is 0. The Morgan fingerprint density at radius 3 is 2.67 bits per heavy atom. The molecule has 0 amide bonds. The number of hydrogen-bond donors (Lipinski definition) is 2. The zero-order chi connectivity index (χ0) is 6.95. The van der Waals surface area contributed by atoms with Gasteiger partial charge in [0.1, 0.15) is 6.73 Å². The van der Waals surface area contributed by atoms with Crippen molar-refractivity contribution < 1.29 is 5.11 Å². The molecule has 0 aliphatic carbocycles. The van der Waals surface area contributed by atoms with Crippen LogP contribution in [0.5, 0.6) is 0 Å². The van der Waals surface area contributed by atoms with Crippen molar-refractivity contribution in [2.75, 3.05) is 6.54 Å². The molecule has 0 saturated carbocycles. The Morgan fingerprint density at radius 2 is 2.11 bits per heavy atom. The van der Waals surface area contributed by atoms with Crippen LogP contribution in [0, 0.1) is 6.73 Å². The van der Waals surface area contributed by atoms with Gasteiger partial charge in [-0.2, -0.15) is 0 Å². The van der Waals surface area contributed by atoms with Gasteiger partial charge in [0.25, 0.3) is 0 Å². The third kappa shape index (κ3) is 7.92. The summed E-state index contributed by atoms with van der Waals surface area (Å²) in [5.74, 6) is 0. The van der Waals surface area contributed by atoms with E-state index in [4.69, 9.17) is 5.11 Å². The Bertz CT molecular complexity index is 42.2. The Hall–Kier alpha value is -0.0800. The van der Waals surface area contributed by atoms with Gasteiger partial charge in [0, 0.05) is 0 Å². The van der Waals surface area contributed by atoms with Gasteiger partial charge in [0.15, 0.2) is 0 Å². The molecule has 2 nitrogen and oxygen atoms in total. The summed E-state index contributed by atoms with van der Waals surface area (Å²) in [5.41, 5.74) is 0. The SMILES string of the molecule is CCCCCCN[CH]O. The highest BCUT2D eigenvalue weighted by Gasteiger charge is 1.85. The van der Waals surface area contributed by atoms with Crippen LogP contribution < -0.4 is 5.32 Å². The van der Waals surface area contributed by atoms with Gasteiger partial charge < -0.3 is 5.11 Å². The molecule has 2 heteroatoms. The molecule has 0 saturated heterocycles. The molecule has 9 heavy (non-hydrogen) atoms. The fourth-order valence-electron chi connectivity index (χ4n) is 0.718. The van der Waals surface area contributed by atoms with Crippen molar-refractivity contribution in [1.29, 1.82) is 0 Å². The molecule has 0 aromatic heterocycles. The highest BCUT2D eigenvalue weighted by atomic mass is 16.3. The zero-order valence-electron chi connectivity index (χ0n) is 6.06. The van der Waals surface area contributed by atoms with E-state index in [0.29, 0.717) is 0 Å². The first-order chi connectivity index (χ1) is 4.41. The molecule has 0 aromatic carbocycles. The molecule has 0 fully saturated rings. The lowest BCUT2D eigenvalue weighted by atomic mass is 10.2. The normalized spacial score (nSPS) is 10.0. The van der Waals surface area contributed by atoms with E-state index in [1.54, 1.807) is 0 Å². The lowest BCUT2D eigenvalue weighted by molar-refractivity contribution is 0.347. The number of aliphatic hydroxyl groups is 1. The van der Waals surface area contributed by atoms with Crippen LogP contribution in [0.4, 0.5) is 0 Å². The highest BCUT2D eigenvalue weighted by Crippen LogP contribution is 1.96. The molecule has 1 radical (unpaired) electrons. The summed E-state index contributed by atoms with van der Waals surface area (Å²) in [6.07, 6.45) is 4.98. The van der Waals surface area contributed by atoms with Crippen molar-refractivity contribution in [3.05, 3.63) is 6.73 Å². The monoisotopic (exact) mass is 130 g/mol. The number of hydrogen-bond acceptors (Lipinski definition) is 2. The average molecular weight is 130 g/mol. The van der Waals surface area contributed by atoms with Crippen molar-refractivity contribution in [1.82, 2.24) is 5.32 Å². The molecule has 0 aliphatic heterocycles. The first kappa shape index (κ1) is 8.92. The van der Waals surface area contributed by atoms with Crippen molar-refractivity contribution in [2.24, 2.45) is 0 Å². The van der Waals surface area contributed by atoms with Crippen LogP contribution in [0.1, 0.15) is 32.6 Å². The Balaban J connectivity index is 2.60. The maximum Gasteiger partial charge on any atom is 0.144 e. The number of unbranched alkanes of at least 4 members (excludes halogenated alkanes) is 3. The van der Waals surface area contributed by atoms with Gasteiger partial charge in [-0.15, -0.1) is 0 Å². The summed E-state index contributed by atoms with van der Waals surface area (Å²) in [6.45, 7) is 4.09. The van der Waals surface area contributed by atoms with E-state index in [0.717, 1.165) is 19.7 Å². The molecule has 2 N–H and O–H groups in total. The molecule has 0 aliphatic rings. The molecule has 0 rings (SSSR count). The molecule has 0 unspecified atom stereocenters. The smallest absolute Gasteiger partial charge is 0.144 e. The zero-order valence-corrected chi connectivity index (χ0v) is 6.06. The number of aliphatic hydroxyl groups excluding tert-OH is 1. The third-order valence-corrected chi connectivity index (χ3v) is 1.27. The molecular weight excluding hydrogens is 114 g/mol. The van der Waals surface area contributed by atoms with Crippen LogP contribution >= 0.6 is 0 Å². The van der Waals surface area contributed by atoms with Crippen LogP contribution in [0.2, 0.25) is 0 Å². The van der Waals surface area contributed by atoms with Gasteiger partial charge in [-0.3, -0.25) is 5.32 Å². The second kappa shape index (κ2) is 7.92. The van der Waals surface area contributed by atoms with Crippen molar-refractivity contribution in [3.63, 3.8) is 0 Å². The fraction of sp³-hybridized carbons (Fsp3) is 0.857. The lowest BCUT2D eigenvalue weighted by Crippen LogP contribution is -2.10. The summed E-state index contributed by atoms with van der Waals surface area (Å²) in [5, 5.41) is 10.9. The second-order valence-corrected chi connectivity index (χ2v) is 2.14. The van der Waals surface area contributed by atoms with Crippen molar-refractivity contribution in [3.8, 4) is 0 Å². The molecule has 0 atom stereocenters. The summed E-state index contributed by atoms with van der Waals surface area (Å²) in [7, 11) is 0. The Morgan fingerprint density at radius 1 is 1.33 bits per heavy atom. The van der Waals surface area contributed by atoms with Gasteiger partial charge in [0.05, 0.1) is 0 Å². The Labute approximate surface area is 57.3 Å². The molecule has 0 heterocycles.